The first-order chi connectivity index (χ1) is 23.8. The Labute approximate surface area is 307 Å². The van der Waals surface area contributed by atoms with Gasteiger partial charge in [-0.05, 0) is 119 Å². The van der Waals surface area contributed by atoms with Crippen LogP contribution in [0.5, 0.6) is 0 Å². The zero-order valence-corrected chi connectivity index (χ0v) is 32.9. The molecule has 0 spiro atoms. The fourth-order valence-corrected chi connectivity index (χ4v) is 12.4. The van der Waals surface area contributed by atoms with Gasteiger partial charge >= 0.3 is 0 Å². The molecule has 2 saturated heterocycles. The minimum Gasteiger partial charge on any atom is -0.394 e. The van der Waals surface area contributed by atoms with Crippen molar-refractivity contribution in [1.82, 2.24) is 0 Å². The average Bonchev–Trinajstić information content (AvgIpc) is 3.33. The molecule has 4 aliphatic carbocycles. The number of aliphatic hydroxyl groups excluding tert-OH is 3. The van der Waals surface area contributed by atoms with Crippen LogP contribution in [0.4, 0.5) is 0 Å². The lowest BCUT2D eigenvalue weighted by molar-refractivity contribution is -0.279. The highest BCUT2D eigenvalue weighted by molar-refractivity contribution is 5.88. The molecule has 6 rings (SSSR count). The minimum atomic E-state index is -1.09. The number of carbonyl (C=O) groups excluding carboxylic acids is 1. The van der Waals surface area contributed by atoms with Gasteiger partial charge in [0.15, 0.2) is 12.6 Å². The van der Waals surface area contributed by atoms with E-state index in [-0.39, 0.29) is 34.9 Å². The second-order valence-corrected chi connectivity index (χ2v) is 19.5. The Balaban J connectivity index is 1.08. The number of ether oxygens (including phenoxy) is 4. The van der Waals surface area contributed by atoms with Gasteiger partial charge in [0.1, 0.15) is 5.78 Å². The highest BCUT2D eigenvalue weighted by Gasteiger charge is 2.67. The van der Waals surface area contributed by atoms with Crippen LogP contribution >= 0.6 is 0 Å². The first-order valence-electron chi connectivity index (χ1n) is 20.3. The van der Waals surface area contributed by atoms with Gasteiger partial charge in [-0.25, -0.2) is 0 Å². The summed E-state index contributed by atoms with van der Waals surface area (Å²) in [7, 11) is 0. The Morgan fingerprint density at radius 2 is 1.57 bits per heavy atom. The molecule has 0 aromatic carbocycles. The molecule has 0 aromatic rings. The van der Waals surface area contributed by atoms with Crippen LogP contribution in [0.2, 0.25) is 0 Å². The molecular weight excluding hydrogens is 648 g/mol. The average molecular weight is 719 g/mol. The van der Waals surface area contributed by atoms with E-state index in [2.05, 4.69) is 47.6 Å². The molecule has 6 aliphatic rings. The van der Waals surface area contributed by atoms with Crippen molar-refractivity contribution in [2.24, 2.45) is 45.3 Å². The van der Waals surface area contributed by atoms with Gasteiger partial charge in [0.2, 0.25) is 0 Å². The Hall–Kier alpha value is -0.910. The normalized spacial score (nSPS) is 45.3. The number of aliphatic hydroxyl groups is 4. The van der Waals surface area contributed by atoms with Gasteiger partial charge in [0, 0.05) is 37.5 Å². The van der Waals surface area contributed by atoms with E-state index in [1.807, 2.05) is 0 Å². The van der Waals surface area contributed by atoms with Crippen molar-refractivity contribution in [1.29, 1.82) is 0 Å². The highest BCUT2D eigenvalue weighted by Crippen LogP contribution is 2.74. The smallest absolute Gasteiger partial charge is 0.161 e. The molecule has 14 atom stereocenters. The zero-order chi connectivity index (χ0) is 37.1. The van der Waals surface area contributed by atoms with Crippen LogP contribution in [0.1, 0.15) is 139 Å². The Bertz CT molecular complexity index is 1280. The second kappa shape index (κ2) is 14.6. The van der Waals surface area contributed by atoms with Gasteiger partial charge in [0.25, 0.3) is 0 Å². The molecule has 2 heterocycles. The van der Waals surface area contributed by atoms with Crippen LogP contribution in [-0.2, 0) is 23.7 Å². The lowest BCUT2D eigenvalue weighted by Crippen LogP contribution is -2.58. The van der Waals surface area contributed by atoms with Crippen molar-refractivity contribution >= 4 is 5.78 Å². The molecule has 0 bridgehead atoms. The SMILES string of the molecule is C[C@H](CC[C@@H](O[C@H]1C[C@@H](O)C[C@@H](CO[C@H]2C[C@@H](O)C[C@@H](CO)O2)O1)C(C)(C)O)[C@H]1CC[C@@]2(C)C3CC=C4C(CCC(=O)C4(C)C)[C@]3(C)CC[C@]12C. The summed E-state index contributed by atoms with van der Waals surface area (Å²) in [6.45, 7) is 18.1. The summed E-state index contributed by atoms with van der Waals surface area (Å²) < 4.78 is 24.4. The molecule has 5 fully saturated rings. The number of allylic oxidation sites excluding steroid dienone is 2. The van der Waals surface area contributed by atoms with Gasteiger partial charge in [0.05, 0.1) is 49.3 Å². The topological polar surface area (TPSA) is 135 Å². The summed E-state index contributed by atoms with van der Waals surface area (Å²) in [5, 5.41) is 41.7. The van der Waals surface area contributed by atoms with Crippen LogP contribution in [-0.4, -0.2) is 88.1 Å². The van der Waals surface area contributed by atoms with Crippen LogP contribution in [0, 0.1) is 45.3 Å². The molecule has 0 radical (unpaired) electrons. The van der Waals surface area contributed by atoms with E-state index < -0.39 is 48.7 Å². The molecule has 9 nitrogen and oxygen atoms in total. The van der Waals surface area contributed by atoms with Gasteiger partial charge < -0.3 is 39.4 Å². The number of hydrogen-bond acceptors (Lipinski definition) is 9. The standard InChI is InChI=1S/C42H70O9/c1-25(30-15-16-42(8)33-12-10-31-32(11-13-34(46)38(31,2)3)40(33,6)17-18-41(30,42)7)9-14-35(39(4,5)47)51-37-22-27(45)20-29(50-37)24-48-36-21-26(44)19-28(23-43)49-36/h10,25-30,32-33,35-37,43-45,47H,9,11-24H2,1-8H3/t25-,26+,27+,28+,29+,30-,32?,33?,35-,36-,37+,40+,41-,42+/m1/s1. The predicted molar refractivity (Wildman–Crippen MR) is 194 cm³/mol. The summed E-state index contributed by atoms with van der Waals surface area (Å²) in [4.78, 5) is 13.0. The predicted octanol–water partition coefficient (Wildman–Crippen LogP) is 6.47. The van der Waals surface area contributed by atoms with Gasteiger partial charge in [-0.2, -0.15) is 0 Å². The molecule has 2 aliphatic heterocycles. The fourth-order valence-electron chi connectivity index (χ4n) is 12.4. The Morgan fingerprint density at radius 3 is 2.25 bits per heavy atom. The van der Waals surface area contributed by atoms with E-state index in [4.69, 9.17) is 18.9 Å². The van der Waals surface area contributed by atoms with Crippen LogP contribution < -0.4 is 0 Å². The molecule has 3 saturated carbocycles. The number of carbonyl (C=O) groups is 1. The van der Waals surface area contributed by atoms with Crippen LogP contribution in [0.25, 0.3) is 0 Å². The Morgan fingerprint density at radius 1 is 0.902 bits per heavy atom. The number of ketones is 1. The van der Waals surface area contributed by atoms with Crippen molar-refractivity contribution in [2.45, 2.75) is 188 Å². The van der Waals surface area contributed by atoms with E-state index in [0.717, 1.165) is 19.3 Å². The van der Waals surface area contributed by atoms with E-state index in [1.165, 1.54) is 31.3 Å². The Kier molecular flexibility index (Phi) is 11.4. The van der Waals surface area contributed by atoms with Crippen LogP contribution in [0.3, 0.4) is 0 Å². The first-order valence-corrected chi connectivity index (χ1v) is 20.3. The summed E-state index contributed by atoms with van der Waals surface area (Å²) in [5.41, 5.74) is 0.694. The third-order valence-electron chi connectivity index (χ3n) is 15.7. The van der Waals surface area contributed by atoms with Gasteiger partial charge in [-0.3, -0.25) is 4.79 Å². The molecule has 4 N–H and O–H groups in total. The summed E-state index contributed by atoms with van der Waals surface area (Å²) >= 11 is 0. The zero-order valence-electron chi connectivity index (χ0n) is 32.9. The maximum Gasteiger partial charge on any atom is 0.161 e. The molecule has 2 unspecified atom stereocenters. The lowest BCUT2D eigenvalue weighted by atomic mass is 9.39. The van der Waals surface area contributed by atoms with E-state index >= 15 is 0 Å². The fraction of sp³-hybridized carbons (Fsp3) is 0.929. The van der Waals surface area contributed by atoms with E-state index in [1.54, 1.807) is 13.8 Å². The lowest BCUT2D eigenvalue weighted by Gasteiger charge is -2.65. The maximum absolute atomic E-state index is 13.0. The minimum absolute atomic E-state index is 0.170. The third-order valence-corrected chi connectivity index (χ3v) is 15.7. The molecule has 51 heavy (non-hydrogen) atoms. The van der Waals surface area contributed by atoms with Crippen molar-refractivity contribution in [3.63, 3.8) is 0 Å². The monoisotopic (exact) mass is 719 g/mol. The van der Waals surface area contributed by atoms with E-state index in [0.29, 0.717) is 68.0 Å². The van der Waals surface area contributed by atoms with Crippen molar-refractivity contribution < 1.29 is 44.2 Å². The van der Waals surface area contributed by atoms with Crippen LogP contribution in [0.15, 0.2) is 11.6 Å². The molecule has 9 heteroatoms. The summed E-state index contributed by atoms with van der Waals surface area (Å²) in [6.07, 6.45) is 9.36. The molecule has 0 aromatic heterocycles. The van der Waals surface area contributed by atoms with Crippen molar-refractivity contribution in [3.05, 3.63) is 11.6 Å². The second-order valence-electron chi connectivity index (χ2n) is 19.5. The first kappa shape index (κ1) is 39.8. The number of hydrogen-bond donors (Lipinski definition) is 4. The summed E-state index contributed by atoms with van der Waals surface area (Å²) in [6, 6.07) is 0. The third kappa shape index (κ3) is 7.42. The maximum atomic E-state index is 13.0. The molecule has 0 amide bonds. The summed E-state index contributed by atoms with van der Waals surface area (Å²) in [5.74, 6) is 2.58. The van der Waals surface area contributed by atoms with E-state index in [9.17, 15) is 25.2 Å². The highest BCUT2D eigenvalue weighted by atomic mass is 16.7. The number of rotatable bonds is 11. The largest absolute Gasteiger partial charge is 0.394 e. The van der Waals surface area contributed by atoms with Gasteiger partial charge in [-0.1, -0.05) is 39.3 Å². The number of Topliss-reactive ketones (excluding diaryl/α,β-unsaturated/α-hetero) is 1. The van der Waals surface area contributed by atoms with Gasteiger partial charge in [-0.15, -0.1) is 0 Å². The quantitative estimate of drug-likeness (QED) is 0.177. The van der Waals surface area contributed by atoms with Crippen molar-refractivity contribution in [3.8, 4) is 0 Å². The molecular formula is C42H70O9. The van der Waals surface area contributed by atoms with Crippen molar-refractivity contribution in [2.75, 3.05) is 13.2 Å². The molecule has 292 valence electrons. The number of fused-ring (bicyclic) bond motifs is 5.